The predicted octanol–water partition coefficient (Wildman–Crippen LogP) is 3.68. The largest absolute Gasteiger partial charge is 0.424 e. The maximum Gasteiger partial charge on any atom is 0.424 e. The Morgan fingerprint density at radius 2 is 2.03 bits per heavy atom. The van der Waals surface area contributed by atoms with Crippen LogP contribution in [0, 0.1) is 17.1 Å². The lowest BCUT2D eigenvalue weighted by Gasteiger charge is -2.40. The monoisotopic (exact) mass is 486 g/mol. The fourth-order valence-corrected chi connectivity index (χ4v) is 3.03. The number of aliphatic imine (C=N–C) groups is 1. The van der Waals surface area contributed by atoms with Gasteiger partial charge in [-0.1, -0.05) is 11.6 Å². The SMILES string of the molecule is CC1(c2cc(NC(=O)Oc3ncc(C#N)cc3Cl)ncc2F)COC(C)(C(F)(F)F)C(N)=N1. The van der Waals surface area contributed by atoms with E-state index >= 15 is 0 Å². The number of rotatable bonds is 3. The molecule has 0 saturated carbocycles. The number of anilines is 1. The van der Waals surface area contributed by atoms with Crippen molar-refractivity contribution in [2.75, 3.05) is 11.9 Å². The molecule has 14 heteroatoms. The summed E-state index contributed by atoms with van der Waals surface area (Å²) in [5.41, 5.74) is 0.989. The van der Waals surface area contributed by atoms with Gasteiger partial charge >= 0.3 is 12.3 Å². The van der Waals surface area contributed by atoms with E-state index in [0.717, 1.165) is 25.4 Å². The van der Waals surface area contributed by atoms with Gasteiger partial charge in [-0.2, -0.15) is 18.4 Å². The normalized spacial score (nSPS) is 22.8. The third-order valence-electron chi connectivity index (χ3n) is 4.83. The molecule has 174 valence electrons. The van der Waals surface area contributed by atoms with E-state index in [0.29, 0.717) is 0 Å². The van der Waals surface area contributed by atoms with Crippen molar-refractivity contribution >= 4 is 29.3 Å². The fourth-order valence-electron chi connectivity index (χ4n) is 2.83. The summed E-state index contributed by atoms with van der Waals surface area (Å²) in [6.07, 6.45) is -4.07. The number of pyridine rings is 2. The van der Waals surface area contributed by atoms with Crippen molar-refractivity contribution in [2.24, 2.45) is 10.7 Å². The molecule has 0 bridgehead atoms. The number of nitrogens with one attached hydrogen (secondary N) is 1. The van der Waals surface area contributed by atoms with Gasteiger partial charge in [-0.25, -0.2) is 19.2 Å². The highest BCUT2D eigenvalue weighted by Crippen LogP contribution is 2.41. The van der Waals surface area contributed by atoms with Gasteiger partial charge in [0.2, 0.25) is 11.5 Å². The van der Waals surface area contributed by atoms with E-state index in [4.69, 9.17) is 32.1 Å². The van der Waals surface area contributed by atoms with E-state index in [1.54, 1.807) is 0 Å². The first-order valence-corrected chi connectivity index (χ1v) is 9.44. The minimum absolute atomic E-state index is 0.110. The van der Waals surface area contributed by atoms with E-state index in [1.807, 2.05) is 6.07 Å². The molecule has 3 N–H and O–H groups in total. The number of hydrogen-bond acceptors (Lipinski definition) is 8. The van der Waals surface area contributed by atoms with Crippen LogP contribution in [-0.2, 0) is 10.3 Å². The first kappa shape index (κ1) is 24.1. The molecule has 2 atom stereocenters. The molecule has 0 radical (unpaired) electrons. The van der Waals surface area contributed by atoms with E-state index < -0.39 is 41.7 Å². The average Bonchev–Trinajstić information content (AvgIpc) is 2.73. The van der Waals surface area contributed by atoms with Crippen molar-refractivity contribution in [1.29, 1.82) is 5.26 Å². The Labute approximate surface area is 189 Å². The molecule has 2 aromatic rings. The molecule has 1 amide bonds. The lowest BCUT2D eigenvalue weighted by atomic mass is 9.90. The minimum atomic E-state index is -4.84. The molecule has 33 heavy (non-hydrogen) atoms. The van der Waals surface area contributed by atoms with Crippen molar-refractivity contribution < 1.29 is 31.8 Å². The van der Waals surface area contributed by atoms with E-state index in [2.05, 4.69) is 20.3 Å². The van der Waals surface area contributed by atoms with Crippen LogP contribution in [0.5, 0.6) is 5.88 Å². The van der Waals surface area contributed by atoms with Crippen LogP contribution < -0.4 is 15.8 Å². The summed E-state index contributed by atoms with van der Waals surface area (Å²) in [5.74, 6) is -2.30. The summed E-state index contributed by atoms with van der Waals surface area (Å²) in [4.78, 5) is 23.5. The molecule has 2 aromatic heterocycles. The van der Waals surface area contributed by atoms with E-state index in [-0.39, 0.29) is 27.8 Å². The van der Waals surface area contributed by atoms with Crippen LogP contribution >= 0.6 is 11.6 Å². The summed E-state index contributed by atoms with van der Waals surface area (Å²) >= 11 is 5.89. The average molecular weight is 487 g/mol. The first-order chi connectivity index (χ1) is 15.3. The van der Waals surface area contributed by atoms with Crippen molar-refractivity contribution in [3.05, 3.63) is 46.5 Å². The number of carbonyl (C=O) groups is 1. The first-order valence-electron chi connectivity index (χ1n) is 9.06. The molecule has 3 heterocycles. The maximum atomic E-state index is 14.5. The molecule has 0 aliphatic carbocycles. The molecule has 9 nitrogen and oxygen atoms in total. The van der Waals surface area contributed by atoms with Gasteiger partial charge in [-0.15, -0.1) is 0 Å². The van der Waals surface area contributed by atoms with Gasteiger partial charge < -0.3 is 15.2 Å². The Kier molecular flexibility index (Phi) is 6.18. The van der Waals surface area contributed by atoms with Gasteiger partial charge in [-0.05, 0) is 26.0 Å². The van der Waals surface area contributed by atoms with Gasteiger partial charge in [0.05, 0.1) is 18.4 Å². The molecule has 0 aromatic carbocycles. The van der Waals surface area contributed by atoms with Crippen LogP contribution in [0.4, 0.5) is 28.2 Å². The molecule has 1 aliphatic heterocycles. The Hall–Kier alpha value is -3.50. The topological polar surface area (TPSA) is 136 Å². The standard InChI is InChI=1S/C19H15ClF4N6O3/c1-17(8-32-18(2,15(26)30-17)19(22,23)24)10-4-13(27-7-12(10)21)29-16(31)33-14-11(20)3-9(5-25)6-28-14/h3-4,6-7H,8H2,1-2H3,(H2,26,30)(H,27,29,31). The van der Waals surface area contributed by atoms with Crippen molar-refractivity contribution in [2.45, 2.75) is 31.2 Å². The zero-order valence-electron chi connectivity index (χ0n) is 17.0. The van der Waals surface area contributed by atoms with Crippen LogP contribution in [-0.4, -0.2) is 40.3 Å². The third-order valence-corrected chi connectivity index (χ3v) is 5.10. The molecule has 3 rings (SSSR count). The summed E-state index contributed by atoms with van der Waals surface area (Å²) in [6, 6.07) is 4.09. The molecular weight excluding hydrogens is 472 g/mol. The lowest BCUT2D eigenvalue weighted by Crippen LogP contribution is -2.60. The summed E-state index contributed by atoms with van der Waals surface area (Å²) in [6.45, 7) is 1.38. The smallest absolute Gasteiger partial charge is 0.389 e. The molecule has 0 fully saturated rings. The van der Waals surface area contributed by atoms with E-state index in [1.165, 1.54) is 13.0 Å². The zero-order valence-corrected chi connectivity index (χ0v) is 17.8. The molecule has 0 saturated heterocycles. The van der Waals surface area contributed by atoms with Crippen LogP contribution in [0.25, 0.3) is 0 Å². The Morgan fingerprint density at radius 3 is 2.61 bits per heavy atom. The summed E-state index contributed by atoms with van der Waals surface area (Å²) in [5, 5.41) is 10.9. The number of nitriles is 1. The second-order valence-electron chi connectivity index (χ2n) is 7.28. The number of alkyl halides is 3. The van der Waals surface area contributed by atoms with Gasteiger partial charge in [0.1, 0.15) is 34.1 Å². The van der Waals surface area contributed by atoms with Crippen LogP contribution in [0.15, 0.2) is 29.5 Å². The van der Waals surface area contributed by atoms with Crippen LogP contribution in [0.3, 0.4) is 0 Å². The Balaban J connectivity index is 1.84. The number of nitrogens with zero attached hydrogens (tertiary/aromatic N) is 4. The quantitative estimate of drug-likeness (QED) is 0.632. The molecule has 0 spiro atoms. The maximum absolute atomic E-state index is 14.5. The third kappa shape index (κ3) is 4.67. The summed E-state index contributed by atoms with van der Waals surface area (Å²) in [7, 11) is 0. The van der Waals surface area contributed by atoms with Crippen molar-refractivity contribution in [3.8, 4) is 11.9 Å². The van der Waals surface area contributed by atoms with Crippen molar-refractivity contribution in [1.82, 2.24) is 9.97 Å². The number of amides is 1. The van der Waals surface area contributed by atoms with Gasteiger partial charge in [0.15, 0.2) is 0 Å². The number of halogens is 5. The molecule has 1 aliphatic rings. The summed E-state index contributed by atoms with van der Waals surface area (Å²) < 4.78 is 64.3. The zero-order chi connectivity index (χ0) is 24.6. The molecule has 2 unspecified atom stereocenters. The second-order valence-corrected chi connectivity index (χ2v) is 7.68. The highest BCUT2D eigenvalue weighted by Gasteiger charge is 2.59. The molecular formula is C19H15ClF4N6O3. The Bertz CT molecular complexity index is 1190. The number of hydrogen-bond donors (Lipinski definition) is 2. The number of ether oxygens (including phenoxy) is 2. The predicted molar refractivity (Wildman–Crippen MR) is 107 cm³/mol. The van der Waals surface area contributed by atoms with Crippen LogP contribution in [0.2, 0.25) is 5.02 Å². The Morgan fingerprint density at radius 1 is 1.33 bits per heavy atom. The number of carbonyl (C=O) groups excluding carboxylic acids is 1. The van der Waals surface area contributed by atoms with E-state index in [9.17, 15) is 22.4 Å². The van der Waals surface area contributed by atoms with Gasteiger partial charge in [-0.3, -0.25) is 10.3 Å². The van der Waals surface area contributed by atoms with Crippen LogP contribution in [0.1, 0.15) is 25.0 Å². The highest BCUT2D eigenvalue weighted by atomic mass is 35.5. The fraction of sp³-hybridized carbons (Fsp3) is 0.316. The number of amidine groups is 1. The number of aromatic nitrogens is 2. The van der Waals surface area contributed by atoms with Gasteiger partial charge in [0.25, 0.3) is 0 Å². The van der Waals surface area contributed by atoms with Gasteiger partial charge in [0, 0.05) is 11.8 Å². The highest BCUT2D eigenvalue weighted by molar-refractivity contribution is 6.32. The lowest BCUT2D eigenvalue weighted by molar-refractivity contribution is -0.249. The second kappa shape index (κ2) is 8.45. The minimum Gasteiger partial charge on any atom is -0.389 e. The number of nitrogens with two attached hydrogens (primary N) is 1. The van der Waals surface area contributed by atoms with Crippen molar-refractivity contribution in [3.63, 3.8) is 0 Å².